The van der Waals surface area contributed by atoms with E-state index in [0.717, 1.165) is 0 Å². The van der Waals surface area contributed by atoms with Gasteiger partial charge in [0.05, 0.1) is 6.42 Å². The topological polar surface area (TPSA) is 83.6 Å². The minimum absolute atomic E-state index is 0.00542. The highest BCUT2D eigenvalue weighted by Crippen LogP contribution is 2.07. The Kier molecular flexibility index (Phi) is 5.93. The molecule has 0 bridgehead atoms. The van der Waals surface area contributed by atoms with Gasteiger partial charge in [0.15, 0.2) is 0 Å². The summed E-state index contributed by atoms with van der Waals surface area (Å²) in [5, 5.41) is 8.56. The first-order chi connectivity index (χ1) is 6.90. The van der Waals surface area contributed by atoms with Crippen molar-refractivity contribution in [2.45, 2.75) is 33.2 Å². The Morgan fingerprint density at radius 3 is 2.20 bits per heavy atom. The van der Waals surface area contributed by atoms with Gasteiger partial charge in [-0.05, 0) is 13.8 Å². The van der Waals surface area contributed by atoms with E-state index in [1.54, 1.807) is 11.8 Å². The normalized spacial score (nSPS) is 12.6. The number of hydrogen-bond acceptors (Lipinski definition) is 3. The molecule has 3 N–H and O–H groups in total. The Morgan fingerprint density at radius 2 is 1.87 bits per heavy atom. The second-order valence-electron chi connectivity index (χ2n) is 3.91. The van der Waals surface area contributed by atoms with E-state index in [4.69, 9.17) is 10.8 Å². The van der Waals surface area contributed by atoms with Crippen molar-refractivity contribution in [2.75, 3.05) is 13.1 Å². The number of amides is 1. The molecule has 1 amide bonds. The standard InChI is InChI=1S/C10H20N2O3/c1-7(2)12(5-4-9(13)14)10(15)8(3)6-11/h7-8H,4-6,11H2,1-3H3,(H,13,14). The van der Waals surface area contributed by atoms with Crippen LogP contribution in [0.25, 0.3) is 0 Å². The van der Waals surface area contributed by atoms with E-state index in [9.17, 15) is 9.59 Å². The zero-order chi connectivity index (χ0) is 12.0. The molecule has 0 aromatic rings. The van der Waals surface area contributed by atoms with Crippen LogP contribution >= 0.6 is 0 Å². The molecule has 0 heterocycles. The van der Waals surface area contributed by atoms with Crippen molar-refractivity contribution in [3.8, 4) is 0 Å². The molecule has 0 aliphatic rings. The van der Waals surface area contributed by atoms with E-state index in [-0.39, 0.29) is 37.4 Å². The second-order valence-corrected chi connectivity index (χ2v) is 3.91. The predicted molar refractivity (Wildman–Crippen MR) is 57.3 cm³/mol. The smallest absolute Gasteiger partial charge is 0.305 e. The van der Waals surface area contributed by atoms with E-state index < -0.39 is 5.97 Å². The number of hydrogen-bond donors (Lipinski definition) is 2. The van der Waals surface area contributed by atoms with Crippen LogP contribution < -0.4 is 5.73 Å². The van der Waals surface area contributed by atoms with Gasteiger partial charge in [0.1, 0.15) is 0 Å². The lowest BCUT2D eigenvalue weighted by atomic mass is 10.1. The first-order valence-electron chi connectivity index (χ1n) is 5.12. The summed E-state index contributed by atoms with van der Waals surface area (Å²) < 4.78 is 0. The third kappa shape index (κ3) is 4.78. The van der Waals surface area contributed by atoms with Crippen molar-refractivity contribution in [1.82, 2.24) is 4.90 Å². The van der Waals surface area contributed by atoms with E-state index in [1.807, 2.05) is 13.8 Å². The van der Waals surface area contributed by atoms with Crippen molar-refractivity contribution in [3.05, 3.63) is 0 Å². The fourth-order valence-electron chi connectivity index (χ4n) is 1.22. The molecule has 5 heteroatoms. The Labute approximate surface area is 90.2 Å². The van der Waals surface area contributed by atoms with E-state index >= 15 is 0 Å². The van der Waals surface area contributed by atoms with Crippen LogP contribution in [0.4, 0.5) is 0 Å². The lowest BCUT2D eigenvalue weighted by Crippen LogP contribution is -2.43. The monoisotopic (exact) mass is 216 g/mol. The summed E-state index contributed by atoms with van der Waals surface area (Å²) in [6.07, 6.45) is -0.0266. The minimum atomic E-state index is -0.895. The summed E-state index contributed by atoms with van der Waals surface area (Å²) >= 11 is 0. The summed E-state index contributed by atoms with van der Waals surface area (Å²) in [5.74, 6) is -1.22. The summed E-state index contributed by atoms with van der Waals surface area (Å²) in [6, 6.07) is 0.00542. The molecule has 5 nitrogen and oxygen atoms in total. The van der Waals surface area contributed by atoms with Crippen molar-refractivity contribution in [2.24, 2.45) is 11.7 Å². The summed E-state index contributed by atoms with van der Waals surface area (Å²) in [7, 11) is 0. The van der Waals surface area contributed by atoms with Crippen LogP contribution in [0.15, 0.2) is 0 Å². The molecule has 0 aromatic carbocycles. The number of carboxylic acid groups (broad SMARTS) is 1. The van der Waals surface area contributed by atoms with Gasteiger partial charge < -0.3 is 15.7 Å². The van der Waals surface area contributed by atoms with Crippen molar-refractivity contribution in [1.29, 1.82) is 0 Å². The van der Waals surface area contributed by atoms with Crippen LogP contribution in [0.1, 0.15) is 27.2 Å². The van der Waals surface area contributed by atoms with Crippen LogP contribution in [-0.2, 0) is 9.59 Å². The molecule has 1 atom stereocenters. The first kappa shape index (κ1) is 13.9. The Bertz CT molecular complexity index is 229. The van der Waals surface area contributed by atoms with E-state index in [2.05, 4.69) is 0 Å². The Morgan fingerprint density at radius 1 is 1.33 bits per heavy atom. The summed E-state index contributed by atoms with van der Waals surface area (Å²) in [6.45, 7) is 6.01. The molecule has 0 saturated heterocycles. The molecule has 0 aliphatic carbocycles. The van der Waals surface area contributed by atoms with Crippen LogP contribution in [0.5, 0.6) is 0 Å². The second kappa shape index (κ2) is 6.40. The Balaban J connectivity index is 4.38. The fourth-order valence-corrected chi connectivity index (χ4v) is 1.22. The molecule has 0 radical (unpaired) electrons. The van der Waals surface area contributed by atoms with Gasteiger partial charge in [-0.2, -0.15) is 0 Å². The molecule has 0 fully saturated rings. The van der Waals surface area contributed by atoms with Gasteiger partial charge in [-0.15, -0.1) is 0 Å². The number of nitrogens with zero attached hydrogens (tertiary/aromatic N) is 1. The van der Waals surface area contributed by atoms with E-state index in [1.165, 1.54) is 0 Å². The highest BCUT2D eigenvalue weighted by molar-refractivity contribution is 5.79. The van der Waals surface area contributed by atoms with Gasteiger partial charge in [0.25, 0.3) is 0 Å². The lowest BCUT2D eigenvalue weighted by Gasteiger charge is -2.28. The minimum Gasteiger partial charge on any atom is -0.481 e. The average Bonchev–Trinajstić information content (AvgIpc) is 2.15. The first-order valence-corrected chi connectivity index (χ1v) is 5.12. The van der Waals surface area contributed by atoms with Crippen LogP contribution in [-0.4, -0.2) is 41.0 Å². The number of nitrogens with two attached hydrogens (primary N) is 1. The van der Waals surface area contributed by atoms with E-state index in [0.29, 0.717) is 0 Å². The maximum atomic E-state index is 11.8. The quantitative estimate of drug-likeness (QED) is 0.668. The van der Waals surface area contributed by atoms with Gasteiger partial charge in [-0.1, -0.05) is 6.92 Å². The number of aliphatic carboxylic acids is 1. The average molecular weight is 216 g/mol. The zero-order valence-electron chi connectivity index (χ0n) is 9.56. The van der Waals surface area contributed by atoms with Crippen LogP contribution in [0, 0.1) is 5.92 Å². The summed E-state index contributed by atoms with van der Waals surface area (Å²) in [5.41, 5.74) is 5.40. The van der Waals surface area contributed by atoms with Gasteiger partial charge in [0, 0.05) is 25.0 Å². The predicted octanol–water partition coefficient (Wildman–Crippen LogP) is 0.293. The lowest BCUT2D eigenvalue weighted by molar-refractivity contribution is -0.140. The van der Waals surface area contributed by atoms with Crippen LogP contribution in [0.2, 0.25) is 0 Å². The highest BCUT2D eigenvalue weighted by Gasteiger charge is 2.22. The van der Waals surface area contributed by atoms with Crippen molar-refractivity contribution >= 4 is 11.9 Å². The number of rotatable bonds is 6. The van der Waals surface area contributed by atoms with Gasteiger partial charge >= 0.3 is 5.97 Å². The van der Waals surface area contributed by atoms with Crippen LogP contribution in [0.3, 0.4) is 0 Å². The SMILES string of the molecule is CC(CN)C(=O)N(CCC(=O)O)C(C)C. The fraction of sp³-hybridized carbons (Fsp3) is 0.800. The molecule has 0 spiro atoms. The zero-order valence-corrected chi connectivity index (χ0v) is 9.56. The number of carboxylic acids is 1. The highest BCUT2D eigenvalue weighted by atomic mass is 16.4. The molecule has 0 aliphatic heterocycles. The largest absolute Gasteiger partial charge is 0.481 e. The molecule has 0 rings (SSSR count). The van der Waals surface area contributed by atoms with Crippen molar-refractivity contribution in [3.63, 3.8) is 0 Å². The number of carbonyl (C=O) groups is 2. The van der Waals surface area contributed by atoms with Crippen molar-refractivity contribution < 1.29 is 14.7 Å². The van der Waals surface area contributed by atoms with Gasteiger partial charge in [-0.3, -0.25) is 9.59 Å². The Hall–Kier alpha value is -1.10. The summed E-state index contributed by atoms with van der Waals surface area (Å²) in [4.78, 5) is 23.8. The molecule has 15 heavy (non-hydrogen) atoms. The third-order valence-electron chi connectivity index (χ3n) is 2.25. The molecule has 0 aromatic heterocycles. The van der Waals surface area contributed by atoms with Gasteiger partial charge in [0.2, 0.25) is 5.91 Å². The molecule has 1 unspecified atom stereocenters. The molecular formula is C10H20N2O3. The molecular weight excluding hydrogens is 196 g/mol. The third-order valence-corrected chi connectivity index (χ3v) is 2.25. The maximum absolute atomic E-state index is 11.8. The number of carbonyl (C=O) groups excluding carboxylic acids is 1. The maximum Gasteiger partial charge on any atom is 0.305 e. The van der Waals surface area contributed by atoms with Gasteiger partial charge in [-0.25, -0.2) is 0 Å². The molecule has 0 saturated carbocycles. The molecule has 88 valence electrons.